The van der Waals surface area contributed by atoms with Gasteiger partial charge in [0.15, 0.2) is 0 Å². The van der Waals surface area contributed by atoms with Crippen LogP contribution in [-0.4, -0.2) is 28.0 Å². The number of carboxylic acids is 1. The van der Waals surface area contributed by atoms with Crippen LogP contribution >= 0.6 is 0 Å². The Balaban J connectivity index is 2.18. The Morgan fingerprint density at radius 1 is 1.32 bits per heavy atom. The second-order valence-corrected chi connectivity index (χ2v) is 4.50. The van der Waals surface area contributed by atoms with Crippen molar-refractivity contribution in [3.63, 3.8) is 0 Å². The summed E-state index contributed by atoms with van der Waals surface area (Å²) in [5.41, 5.74) is 1.38. The minimum absolute atomic E-state index is 0.149. The number of carbonyl (C=O) groups is 2. The molecular weight excluding hydrogens is 244 g/mol. The number of anilines is 1. The lowest BCUT2D eigenvalue weighted by Crippen LogP contribution is -2.38. The van der Waals surface area contributed by atoms with Crippen molar-refractivity contribution in [1.82, 2.24) is 4.98 Å². The summed E-state index contributed by atoms with van der Waals surface area (Å²) in [6.07, 6.45) is 2.30. The molecule has 1 aromatic heterocycles. The Bertz CT molecular complexity index is 663. The van der Waals surface area contributed by atoms with Crippen LogP contribution in [0.2, 0.25) is 0 Å². The zero-order valence-corrected chi connectivity index (χ0v) is 10.1. The van der Waals surface area contributed by atoms with E-state index in [-0.39, 0.29) is 12.3 Å². The molecule has 1 N–H and O–H groups in total. The molecule has 1 atom stereocenters. The number of rotatable bonds is 2. The van der Waals surface area contributed by atoms with Crippen LogP contribution in [0.15, 0.2) is 36.5 Å². The normalized spacial score (nSPS) is 19.1. The molecule has 3 rings (SSSR count). The lowest BCUT2D eigenvalue weighted by Gasteiger charge is -2.23. The van der Waals surface area contributed by atoms with Crippen LogP contribution in [0.5, 0.6) is 0 Å². The van der Waals surface area contributed by atoms with Crippen LogP contribution < -0.4 is 4.90 Å². The lowest BCUT2D eigenvalue weighted by atomic mass is 10.1. The number of hydrogen-bond acceptors (Lipinski definition) is 3. The van der Waals surface area contributed by atoms with Gasteiger partial charge in [0.25, 0.3) is 0 Å². The van der Waals surface area contributed by atoms with E-state index < -0.39 is 12.0 Å². The van der Waals surface area contributed by atoms with E-state index >= 15 is 0 Å². The number of aromatic nitrogens is 1. The highest BCUT2D eigenvalue weighted by Crippen LogP contribution is 2.32. The maximum atomic E-state index is 12.0. The first-order chi connectivity index (χ1) is 9.18. The summed E-state index contributed by atoms with van der Waals surface area (Å²) in [4.78, 5) is 28.8. The second-order valence-electron chi connectivity index (χ2n) is 4.50. The largest absolute Gasteiger partial charge is 0.480 e. The second kappa shape index (κ2) is 4.35. The molecule has 1 aliphatic heterocycles. The summed E-state index contributed by atoms with van der Waals surface area (Å²) in [6.45, 7) is 0. The van der Waals surface area contributed by atoms with Crippen LogP contribution in [0, 0.1) is 0 Å². The fourth-order valence-electron chi connectivity index (χ4n) is 2.52. The molecule has 19 heavy (non-hydrogen) atoms. The Morgan fingerprint density at radius 2 is 2.16 bits per heavy atom. The molecule has 0 saturated carbocycles. The molecule has 0 bridgehead atoms. The molecule has 5 nitrogen and oxygen atoms in total. The Kier molecular flexibility index (Phi) is 2.67. The smallest absolute Gasteiger partial charge is 0.326 e. The standard InChI is InChI=1S/C14H12N2O3/c17-13-7-6-12(14(18)19)16(13)11-5-1-4-10-9(11)3-2-8-15-10/h1-5,8,12H,6-7H2,(H,18,19). The maximum Gasteiger partial charge on any atom is 0.326 e. The minimum Gasteiger partial charge on any atom is -0.480 e. The Hall–Kier alpha value is -2.43. The summed E-state index contributed by atoms with van der Waals surface area (Å²) in [7, 11) is 0. The van der Waals surface area contributed by atoms with Crippen molar-refractivity contribution >= 4 is 28.5 Å². The van der Waals surface area contributed by atoms with Gasteiger partial charge in [-0.15, -0.1) is 0 Å². The van der Waals surface area contributed by atoms with Crippen molar-refractivity contribution in [3.05, 3.63) is 36.5 Å². The molecule has 2 heterocycles. The van der Waals surface area contributed by atoms with Crippen LogP contribution in [-0.2, 0) is 9.59 Å². The molecule has 1 unspecified atom stereocenters. The number of aliphatic carboxylic acids is 1. The van der Waals surface area contributed by atoms with Crippen molar-refractivity contribution in [2.75, 3.05) is 4.90 Å². The van der Waals surface area contributed by atoms with Gasteiger partial charge in [0.1, 0.15) is 6.04 Å². The van der Waals surface area contributed by atoms with E-state index in [1.165, 1.54) is 4.90 Å². The van der Waals surface area contributed by atoms with Gasteiger partial charge in [0, 0.05) is 18.0 Å². The molecule has 0 aliphatic carbocycles. The first-order valence-corrected chi connectivity index (χ1v) is 6.07. The van der Waals surface area contributed by atoms with Gasteiger partial charge in [-0.3, -0.25) is 14.7 Å². The summed E-state index contributed by atoms with van der Waals surface area (Å²) >= 11 is 0. The van der Waals surface area contributed by atoms with Crippen molar-refractivity contribution in [2.24, 2.45) is 0 Å². The van der Waals surface area contributed by atoms with Crippen molar-refractivity contribution in [1.29, 1.82) is 0 Å². The first-order valence-electron chi connectivity index (χ1n) is 6.07. The van der Waals surface area contributed by atoms with E-state index in [1.54, 1.807) is 24.4 Å². The number of pyridine rings is 1. The molecule has 5 heteroatoms. The van der Waals surface area contributed by atoms with Gasteiger partial charge in [-0.25, -0.2) is 4.79 Å². The molecule has 1 saturated heterocycles. The van der Waals surface area contributed by atoms with E-state index in [4.69, 9.17) is 0 Å². The summed E-state index contributed by atoms with van der Waals surface area (Å²) in [6, 6.07) is 8.25. The monoisotopic (exact) mass is 256 g/mol. The Labute approximate surface area is 109 Å². The molecule has 0 radical (unpaired) electrons. The molecule has 1 aliphatic rings. The molecule has 96 valence electrons. The van der Waals surface area contributed by atoms with Gasteiger partial charge < -0.3 is 5.11 Å². The predicted molar refractivity (Wildman–Crippen MR) is 69.9 cm³/mol. The summed E-state index contributed by atoms with van der Waals surface area (Å²) in [5, 5.41) is 10.0. The van der Waals surface area contributed by atoms with Crippen LogP contribution in [0.3, 0.4) is 0 Å². The van der Waals surface area contributed by atoms with Gasteiger partial charge in [-0.2, -0.15) is 0 Å². The number of carbonyl (C=O) groups excluding carboxylic acids is 1. The number of fused-ring (bicyclic) bond motifs is 1. The zero-order chi connectivity index (χ0) is 13.4. The van der Waals surface area contributed by atoms with Gasteiger partial charge in [-0.05, 0) is 30.7 Å². The third-order valence-corrected chi connectivity index (χ3v) is 3.38. The number of hydrogen-bond donors (Lipinski definition) is 1. The third kappa shape index (κ3) is 1.83. The van der Waals surface area contributed by atoms with E-state index in [0.717, 1.165) is 10.9 Å². The van der Waals surface area contributed by atoms with Gasteiger partial charge >= 0.3 is 5.97 Å². The fourth-order valence-corrected chi connectivity index (χ4v) is 2.52. The maximum absolute atomic E-state index is 12.0. The average Bonchev–Trinajstić information content (AvgIpc) is 2.80. The molecule has 1 aromatic carbocycles. The highest BCUT2D eigenvalue weighted by Gasteiger charge is 2.37. The Morgan fingerprint density at radius 3 is 2.95 bits per heavy atom. The summed E-state index contributed by atoms with van der Waals surface area (Å²) in [5.74, 6) is -1.12. The quantitative estimate of drug-likeness (QED) is 0.889. The van der Waals surface area contributed by atoms with E-state index in [9.17, 15) is 14.7 Å². The predicted octanol–water partition coefficient (Wildman–Crippen LogP) is 1.81. The SMILES string of the molecule is O=C(O)C1CCC(=O)N1c1cccc2ncccc12. The molecular formula is C14H12N2O3. The average molecular weight is 256 g/mol. The fraction of sp³-hybridized carbons (Fsp3) is 0.214. The van der Waals surface area contributed by atoms with Gasteiger partial charge in [-0.1, -0.05) is 6.07 Å². The van der Waals surface area contributed by atoms with Crippen LogP contribution in [0.25, 0.3) is 10.9 Å². The molecule has 1 fully saturated rings. The van der Waals surface area contributed by atoms with E-state index in [1.807, 2.05) is 12.1 Å². The first kappa shape index (κ1) is 11.6. The topological polar surface area (TPSA) is 70.5 Å². The highest BCUT2D eigenvalue weighted by atomic mass is 16.4. The van der Waals surface area contributed by atoms with Gasteiger partial charge in [0.05, 0.1) is 11.2 Å². The minimum atomic E-state index is -0.966. The van der Waals surface area contributed by atoms with E-state index in [2.05, 4.69) is 4.98 Å². The zero-order valence-electron chi connectivity index (χ0n) is 10.1. The highest BCUT2D eigenvalue weighted by molar-refractivity contribution is 6.08. The third-order valence-electron chi connectivity index (χ3n) is 3.38. The van der Waals surface area contributed by atoms with Crippen molar-refractivity contribution < 1.29 is 14.7 Å². The number of amides is 1. The van der Waals surface area contributed by atoms with Crippen molar-refractivity contribution in [2.45, 2.75) is 18.9 Å². The number of carboxylic acid groups (broad SMARTS) is 1. The molecule has 1 amide bonds. The molecule has 2 aromatic rings. The van der Waals surface area contributed by atoms with Crippen LogP contribution in [0.1, 0.15) is 12.8 Å². The number of nitrogens with zero attached hydrogens (tertiary/aromatic N) is 2. The lowest BCUT2D eigenvalue weighted by molar-refractivity contribution is -0.138. The van der Waals surface area contributed by atoms with Gasteiger partial charge in [0.2, 0.25) is 5.91 Å². The number of benzene rings is 1. The summed E-state index contributed by atoms with van der Waals surface area (Å²) < 4.78 is 0. The van der Waals surface area contributed by atoms with E-state index in [0.29, 0.717) is 12.1 Å². The van der Waals surface area contributed by atoms with Crippen molar-refractivity contribution in [3.8, 4) is 0 Å². The van der Waals surface area contributed by atoms with Crippen LogP contribution in [0.4, 0.5) is 5.69 Å². The molecule has 0 spiro atoms.